The number of thioether (sulfide) groups is 1. The Hall–Kier alpha value is -3.24. The molecule has 1 fully saturated rings. The van der Waals surface area contributed by atoms with Crippen LogP contribution < -0.4 is 4.74 Å². The van der Waals surface area contributed by atoms with E-state index in [1.165, 1.54) is 0 Å². The average Bonchev–Trinajstić information content (AvgIpc) is 3.60. The van der Waals surface area contributed by atoms with Crippen molar-refractivity contribution in [2.45, 2.75) is 36.4 Å². The first-order chi connectivity index (χ1) is 15.8. The molecule has 4 aromatic rings. The van der Waals surface area contributed by atoms with E-state index in [-0.39, 0.29) is 6.10 Å². The van der Waals surface area contributed by atoms with Gasteiger partial charge in [-0.25, -0.2) is 0 Å². The minimum absolute atomic E-state index is 0.164. The highest BCUT2D eigenvalue weighted by Crippen LogP contribution is 2.29. The molecule has 5 rings (SSSR count). The molecule has 0 N–H and O–H groups in total. The first-order valence-electron chi connectivity index (χ1n) is 10.5. The molecule has 10 heteroatoms. The second-order valence-electron chi connectivity index (χ2n) is 7.41. The highest BCUT2D eigenvalue weighted by Gasteiger charge is 2.22. The molecule has 2 aromatic carbocycles. The SMILES string of the molecule is COc1ccc(-c2nnc(SCc3nnnn3-c3ccccc3)n2CC2CCCO2)cc1. The smallest absolute Gasteiger partial charge is 0.192 e. The van der Waals surface area contributed by atoms with E-state index in [0.29, 0.717) is 12.3 Å². The number of hydrogen-bond donors (Lipinski definition) is 0. The Labute approximate surface area is 189 Å². The zero-order valence-corrected chi connectivity index (χ0v) is 18.5. The van der Waals surface area contributed by atoms with Crippen molar-refractivity contribution in [1.29, 1.82) is 0 Å². The van der Waals surface area contributed by atoms with E-state index in [4.69, 9.17) is 9.47 Å². The van der Waals surface area contributed by atoms with Gasteiger partial charge in [-0.15, -0.1) is 15.3 Å². The molecule has 32 heavy (non-hydrogen) atoms. The standard InChI is InChI=1S/C22H23N7O2S/c1-30-18-11-9-16(10-12-18)21-24-25-22(28(21)14-19-8-5-13-31-19)32-15-20-23-26-27-29(20)17-6-3-2-4-7-17/h2-4,6-7,9-12,19H,5,8,13-15H2,1H3. The van der Waals surface area contributed by atoms with Crippen molar-refractivity contribution in [3.05, 3.63) is 60.4 Å². The monoisotopic (exact) mass is 449 g/mol. The molecule has 9 nitrogen and oxygen atoms in total. The minimum Gasteiger partial charge on any atom is -0.497 e. The van der Waals surface area contributed by atoms with Crippen molar-refractivity contribution < 1.29 is 9.47 Å². The lowest BCUT2D eigenvalue weighted by Gasteiger charge is -2.15. The van der Waals surface area contributed by atoms with E-state index in [1.54, 1.807) is 23.6 Å². The zero-order chi connectivity index (χ0) is 21.8. The van der Waals surface area contributed by atoms with Gasteiger partial charge in [-0.1, -0.05) is 30.0 Å². The van der Waals surface area contributed by atoms with Crippen LogP contribution in [0.5, 0.6) is 5.75 Å². The predicted molar refractivity (Wildman–Crippen MR) is 120 cm³/mol. The third-order valence-corrected chi connectivity index (χ3v) is 6.30. The van der Waals surface area contributed by atoms with Crippen LogP contribution in [-0.4, -0.2) is 54.8 Å². The van der Waals surface area contributed by atoms with Gasteiger partial charge in [0.15, 0.2) is 16.8 Å². The van der Waals surface area contributed by atoms with Crippen molar-refractivity contribution >= 4 is 11.8 Å². The first-order valence-corrected chi connectivity index (χ1v) is 11.4. The maximum Gasteiger partial charge on any atom is 0.192 e. The Morgan fingerprint density at radius 2 is 1.91 bits per heavy atom. The molecule has 1 aliphatic heterocycles. The van der Waals surface area contributed by atoms with Crippen molar-refractivity contribution in [2.75, 3.05) is 13.7 Å². The van der Waals surface area contributed by atoms with Gasteiger partial charge in [0, 0.05) is 12.2 Å². The van der Waals surface area contributed by atoms with Crippen LogP contribution in [0.3, 0.4) is 0 Å². The largest absolute Gasteiger partial charge is 0.497 e. The molecule has 0 saturated carbocycles. The zero-order valence-electron chi connectivity index (χ0n) is 17.7. The molecule has 1 atom stereocenters. The van der Waals surface area contributed by atoms with E-state index >= 15 is 0 Å². The molecule has 3 heterocycles. The van der Waals surface area contributed by atoms with Crippen LogP contribution in [0.25, 0.3) is 17.1 Å². The van der Waals surface area contributed by atoms with Gasteiger partial charge < -0.3 is 9.47 Å². The summed E-state index contributed by atoms with van der Waals surface area (Å²) in [6.07, 6.45) is 2.28. The van der Waals surface area contributed by atoms with E-state index in [1.807, 2.05) is 54.6 Å². The second kappa shape index (κ2) is 9.49. The number of nitrogens with zero attached hydrogens (tertiary/aromatic N) is 7. The summed E-state index contributed by atoms with van der Waals surface area (Å²) in [7, 11) is 1.66. The quantitative estimate of drug-likeness (QED) is 0.378. The third-order valence-electron chi connectivity index (χ3n) is 5.34. The summed E-state index contributed by atoms with van der Waals surface area (Å²) >= 11 is 1.57. The van der Waals surface area contributed by atoms with Crippen LogP contribution in [0, 0.1) is 0 Å². The van der Waals surface area contributed by atoms with E-state index in [9.17, 15) is 0 Å². The second-order valence-corrected chi connectivity index (χ2v) is 8.35. The Morgan fingerprint density at radius 1 is 1.06 bits per heavy atom. The number of tetrazole rings is 1. The molecule has 1 aliphatic rings. The molecular weight excluding hydrogens is 426 g/mol. The molecular formula is C22H23N7O2S. The summed E-state index contributed by atoms with van der Waals surface area (Å²) in [4.78, 5) is 0. The van der Waals surface area contributed by atoms with Crippen LogP contribution >= 0.6 is 11.8 Å². The molecule has 1 saturated heterocycles. The minimum atomic E-state index is 0.164. The summed E-state index contributed by atoms with van der Waals surface area (Å²) in [6.45, 7) is 1.51. The number of aromatic nitrogens is 7. The number of methoxy groups -OCH3 is 1. The Morgan fingerprint density at radius 3 is 2.66 bits per heavy atom. The average molecular weight is 450 g/mol. The number of para-hydroxylation sites is 1. The van der Waals surface area contributed by atoms with Gasteiger partial charge in [-0.2, -0.15) is 4.68 Å². The molecule has 0 spiro atoms. The summed E-state index contributed by atoms with van der Waals surface area (Å²) < 4.78 is 15.1. The first kappa shape index (κ1) is 20.7. The fourth-order valence-corrected chi connectivity index (χ4v) is 4.55. The number of benzene rings is 2. The number of hydrogen-bond acceptors (Lipinski definition) is 8. The maximum atomic E-state index is 5.89. The van der Waals surface area contributed by atoms with Gasteiger partial charge in [-0.05, 0) is 59.7 Å². The lowest BCUT2D eigenvalue weighted by atomic mass is 10.2. The van der Waals surface area contributed by atoms with Gasteiger partial charge in [0.2, 0.25) is 0 Å². The normalized spacial score (nSPS) is 15.8. The summed E-state index contributed by atoms with van der Waals surface area (Å²) in [5.41, 5.74) is 1.91. The molecule has 2 aromatic heterocycles. The predicted octanol–water partition coefficient (Wildman–Crippen LogP) is 3.40. The molecule has 1 unspecified atom stereocenters. The van der Waals surface area contributed by atoms with Gasteiger partial charge in [-0.3, -0.25) is 4.57 Å². The number of rotatable bonds is 8. The van der Waals surface area contributed by atoms with Crippen molar-refractivity contribution in [2.24, 2.45) is 0 Å². The number of ether oxygens (including phenoxy) is 2. The third kappa shape index (κ3) is 4.37. The van der Waals surface area contributed by atoms with Gasteiger partial charge >= 0.3 is 0 Å². The van der Waals surface area contributed by atoms with Gasteiger partial charge in [0.25, 0.3) is 0 Å². The van der Waals surface area contributed by atoms with Crippen LogP contribution in [0.1, 0.15) is 18.7 Å². The fourth-order valence-electron chi connectivity index (χ4n) is 3.70. The van der Waals surface area contributed by atoms with Gasteiger partial charge in [0.1, 0.15) is 5.75 Å². The summed E-state index contributed by atoms with van der Waals surface area (Å²) in [5, 5.41) is 22.0. The highest BCUT2D eigenvalue weighted by molar-refractivity contribution is 7.98. The molecule has 0 aliphatic carbocycles. The van der Waals surface area contributed by atoms with Crippen molar-refractivity contribution in [1.82, 2.24) is 35.0 Å². The van der Waals surface area contributed by atoms with E-state index < -0.39 is 0 Å². The highest BCUT2D eigenvalue weighted by atomic mass is 32.2. The van der Waals surface area contributed by atoms with E-state index in [2.05, 4.69) is 30.3 Å². The lowest BCUT2D eigenvalue weighted by Crippen LogP contribution is -2.16. The van der Waals surface area contributed by atoms with E-state index in [0.717, 1.165) is 53.3 Å². The fraction of sp³-hybridized carbons (Fsp3) is 0.318. The van der Waals surface area contributed by atoms with Crippen LogP contribution in [0.4, 0.5) is 0 Å². The van der Waals surface area contributed by atoms with Crippen molar-refractivity contribution in [3.8, 4) is 22.8 Å². The summed E-state index contributed by atoms with van der Waals surface area (Å²) in [6, 6.07) is 17.7. The Kier molecular flexibility index (Phi) is 6.13. The topological polar surface area (TPSA) is 92.8 Å². The van der Waals surface area contributed by atoms with Crippen LogP contribution in [0.15, 0.2) is 59.8 Å². The van der Waals surface area contributed by atoms with Crippen LogP contribution in [0.2, 0.25) is 0 Å². The van der Waals surface area contributed by atoms with Crippen LogP contribution in [-0.2, 0) is 17.0 Å². The Bertz CT molecular complexity index is 1150. The molecule has 0 bridgehead atoms. The maximum absolute atomic E-state index is 5.89. The lowest BCUT2D eigenvalue weighted by molar-refractivity contribution is 0.0953. The molecule has 0 amide bonds. The Balaban J connectivity index is 1.41. The van der Waals surface area contributed by atoms with Crippen molar-refractivity contribution in [3.63, 3.8) is 0 Å². The van der Waals surface area contributed by atoms with Gasteiger partial charge in [0.05, 0.1) is 31.2 Å². The molecule has 0 radical (unpaired) electrons. The molecule has 164 valence electrons. The summed E-state index contributed by atoms with van der Waals surface area (Å²) in [5.74, 6) is 2.93.